The number of fused-ring (bicyclic) bond motifs is 3. The van der Waals surface area contributed by atoms with Crippen molar-refractivity contribution in [3.63, 3.8) is 0 Å². The summed E-state index contributed by atoms with van der Waals surface area (Å²) in [6.45, 7) is 2.45. The average Bonchev–Trinajstić information content (AvgIpc) is 3.04. The lowest BCUT2D eigenvalue weighted by Crippen LogP contribution is -2.11. The zero-order valence-electron chi connectivity index (χ0n) is 19.8. The van der Waals surface area contributed by atoms with Gasteiger partial charge in [0.2, 0.25) is 0 Å². The number of carbonyl (C=O) groups is 1. The van der Waals surface area contributed by atoms with Crippen molar-refractivity contribution in [2.45, 2.75) is 13.3 Å². The number of carbonyl (C=O) groups excluding carboxylic acids is 1. The first-order chi connectivity index (χ1) is 17.7. The van der Waals surface area contributed by atoms with Gasteiger partial charge in [0, 0.05) is 30.4 Å². The van der Waals surface area contributed by atoms with Crippen molar-refractivity contribution in [3.8, 4) is 16.9 Å². The van der Waals surface area contributed by atoms with Gasteiger partial charge < -0.3 is 15.4 Å². The number of pyridine rings is 2. The lowest BCUT2D eigenvalue weighted by Gasteiger charge is -2.13. The Morgan fingerprint density at radius 2 is 1.78 bits per heavy atom. The number of benzene rings is 3. The van der Waals surface area contributed by atoms with Gasteiger partial charge in [-0.15, -0.1) is 0 Å². The standard InChI is InChI=1S/C30H24N4O2/c1-19-29(6-3-13-32-19)36-15-12-20-7-10-26-28(16-20)34-30(35)25-9-8-21(17-27(25)33-26)23-5-2-4-22-18-31-14-11-24(22)23/h2-11,13-14,16-18,33H,12,15H2,1H3,(H,34,35). The maximum absolute atomic E-state index is 13.1. The number of hydrogen-bond acceptors (Lipinski definition) is 5. The number of hydrogen-bond donors (Lipinski definition) is 2. The third kappa shape index (κ3) is 4.14. The van der Waals surface area contributed by atoms with E-state index in [9.17, 15) is 4.79 Å². The molecule has 1 amide bonds. The zero-order chi connectivity index (χ0) is 24.5. The maximum Gasteiger partial charge on any atom is 0.257 e. The van der Waals surface area contributed by atoms with Gasteiger partial charge in [-0.2, -0.15) is 0 Å². The summed E-state index contributed by atoms with van der Waals surface area (Å²) in [7, 11) is 0. The fraction of sp³-hybridized carbons (Fsp3) is 0.100. The Hall–Kier alpha value is -4.71. The van der Waals surface area contributed by atoms with Crippen LogP contribution in [0.5, 0.6) is 5.75 Å². The topological polar surface area (TPSA) is 76.1 Å². The van der Waals surface area contributed by atoms with Gasteiger partial charge in [0.25, 0.3) is 5.91 Å². The number of nitrogens with zero attached hydrogens (tertiary/aromatic N) is 2. The van der Waals surface area contributed by atoms with Gasteiger partial charge in [-0.05, 0) is 71.5 Å². The predicted octanol–water partition coefficient (Wildman–Crippen LogP) is 6.54. The van der Waals surface area contributed by atoms with Crippen LogP contribution in [0.2, 0.25) is 0 Å². The van der Waals surface area contributed by atoms with E-state index < -0.39 is 0 Å². The van der Waals surface area contributed by atoms with Gasteiger partial charge in [-0.1, -0.05) is 30.3 Å². The van der Waals surface area contributed by atoms with E-state index in [2.05, 4.69) is 38.8 Å². The first-order valence-electron chi connectivity index (χ1n) is 11.9. The van der Waals surface area contributed by atoms with Crippen molar-refractivity contribution in [1.29, 1.82) is 0 Å². The predicted molar refractivity (Wildman–Crippen MR) is 143 cm³/mol. The molecule has 0 radical (unpaired) electrons. The van der Waals surface area contributed by atoms with Crippen LogP contribution in [0.1, 0.15) is 21.6 Å². The minimum Gasteiger partial charge on any atom is -0.491 e. The molecule has 2 N–H and O–H groups in total. The summed E-state index contributed by atoms with van der Waals surface area (Å²) >= 11 is 0. The molecular formula is C30H24N4O2. The molecule has 2 aromatic heterocycles. The Bertz CT molecular complexity index is 1610. The van der Waals surface area contributed by atoms with Gasteiger partial charge in [-0.25, -0.2) is 0 Å². The third-order valence-corrected chi connectivity index (χ3v) is 6.46. The molecule has 3 aromatic carbocycles. The SMILES string of the molecule is Cc1ncccc1OCCc1ccc2c(c1)NC(=O)c1ccc(-c3cccc4cnccc34)cc1N2. The van der Waals surface area contributed by atoms with Crippen LogP contribution < -0.4 is 15.4 Å². The number of amides is 1. The normalized spacial score (nSPS) is 12.2. The van der Waals surface area contributed by atoms with Crippen LogP contribution in [-0.2, 0) is 6.42 Å². The maximum atomic E-state index is 13.1. The van der Waals surface area contributed by atoms with E-state index in [1.807, 2.05) is 67.7 Å². The molecule has 5 aromatic rings. The van der Waals surface area contributed by atoms with Crippen LogP contribution in [-0.4, -0.2) is 22.5 Å². The third-order valence-electron chi connectivity index (χ3n) is 6.46. The Morgan fingerprint density at radius 1 is 0.833 bits per heavy atom. The van der Waals surface area contributed by atoms with Gasteiger partial charge in [0.15, 0.2) is 0 Å². The Morgan fingerprint density at radius 3 is 2.69 bits per heavy atom. The minimum absolute atomic E-state index is 0.135. The average molecular weight is 473 g/mol. The number of aromatic nitrogens is 2. The second kappa shape index (κ2) is 9.15. The molecule has 1 aliphatic heterocycles. The quantitative estimate of drug-likeness (QED) is 0.304. The molecule has 6 rings (SSSR count). The molecule has 0 atom stereocenters. The summed E-state index contributed by atoms with van der Waals surface area (Å²) in [5.74, 6) is 0.653. The summed E-state index contributed by atoms with van der Waals surface area (Å²) in [5.41, 5.74) is 7.07. The molecule has 6 heteroatoms. The van der Waals surface area contributed by atoms with Crippen molar-refractivity contribution in [2.75, 3.05) is 17.2 Å². The van der Waals surface area contributed by atoms with Crippen LogP contribution in [0.25, 0.3) is 21.9 Å². The number of anilines is 3. The summed E-state index contributed by atoms with van der Waals surface area (Å²) in [4.78, 5) is 21.6. The fourth-order valence-electron chi connectivity index (χ4n) is 4.58. The van der Waals surface area contributed by atoms with Crippen LogP contribution in [0.3, 0.4) is 0 Å². The Kier molecular flexibility index (Phi) is 5.54. The summed E-state index contributed by atoms with van der Waals surface area (Å²) < 4.78 is 5.90. The second-order valence-electron chi connectivity index (χ2n) is 8.81. The molecule has 6 nitrogen and oxygen atoms in total. The molecule has 176 valence electrons. The van der Waals surface area contributed by atoms with Crippen molar-refractivity contribution < 1.29 is 9.53 Å². The van der Waals surface area contributed by atoms with Crippen molar-refractivity contribution >= 4 is 33.7 Å². The number of ether oxygens (including phenoxy) is 1. The molecule has 0 bridgehead atoms. The summed E-state index contributed by atoms with van der Waals surface area (Å²) in [6.07, 6.45) is 6.14. The summed E-state index contributed by atoms with van der Waals surface area (Å²) in [6, 6.07) is 24.0. The van der Waals surface area contributed by atoms with E-state index in [1.54, 1.807) is 12.4 Å². The van der Waals surface area contributed by atoms with Crippen molar-refractivity contribution in [1.82, 2.24) is 9.97 Å². The molecule has 0 saturated carbocycles. The van der Waals surface area contributed by atoms with Gasteiger partial charge in [-0.3, -0.25) is 14.8 Å². The summed E-state index contributed by atoms with van der Waals surface area (Å²) in [5, 5.41) is 8.74. The number of rotatable bonds is 5. The molecule has 0 unspecified atom stereocenters. The number of nitrogens with one attached hydrogen (secondary N) is 2. The molecule has 36 heavy (non-hydrogen) atoms. The molecule has 0 saturated heterocycles. The van der Waals surface area contributed by atoms with E-state index in [-0.39, 0.29) is 5.91 Å². The first kappa shape index (κ1) is 21.8. The van der Waals surface area contributed by atoms with E-state index in [4.69, 9.17) is 4.74 Å². The highest BCUT2D eigenvalue weighted by Gasteiger charge is 2.20. The Balaban J connectivity index is 1.26. The largest absolute Gasteiger partial charge is 0.491 e. The smallest absolute Gasteiger partial charge is 0.257 e. The van der Waals surface area contributed by atoms with Gasteiger partial charge >= 0.3 is 0 Å². The monoisotopic (exact) mass is 472 g/mol. The van der Waals surface area contributed by atoms with Crippen LogP contribution in [0.15, 0.2) is 91.4 Å². The molecular weight excluding hydrogens is 448 g/mol. The lowest BCUT2D eigenvalue weighted by molar-refractivity contribution is 0.102. The zero-order valence-corrected chi connectivity index (χ0v) is 19.8. The highest BCUT2D eigenvalue weighted by atomic mass is 16.5. The fourth-order valence-corrected chi connectivity index (χ4v) is 4.58. The first-order valence-corrected chi connectivity index (χ1v) is 11.9. The minimum atomic E-state index is -0.135. The van der Waals surface area contributed by atoms with Crippen molar-refractivity contribution in [3.05, 3.63) is 108 Å². The van der Waals surface area contributed by atoms with Gasteiger partial charge in [0.05, 0.1) is 34.9 Å². The molecule has 0 fully saturated rings. The van der Waals surface area contributed by atoms with E-state index in [1.165, 1.54) is 0 Å². The lowest BCUT2D eigenvalue weighted by atomic mass is 9.97. The van der Waals surface area contributed by atoms with Gasteiger partial charge in [0.1, 0.15) is 5.75 Å². The van der Waals surface area contributed by atoms with Crippen LogP contribution in [0, 0.1) is 6.92 Å². The Labute approximate surface area is 209 Å². The number of aryl methyl sites for hydroxylation is 1. The molecule has 3 heterocycles. The molecule has 0 spiro atoms. The van der Waals surface area contributed by atoms with Crippen LogP contribution >= 0.6 is 0 Å². The van der Waals surface area contributed by atoms with E-state index in [0.29, 0.717) is 18.6 Å². The van der Waals surface area contributed by atoms with Crippen molar-refractivity contribution in [2.24, 2.45) is 0 Å². The van der Waals surface area contributed by atoms with Crippen LogP contribution in [0.4, 0.5) is 17.1 Å². The highest BCUT2D eigenvalue weighted by Crippen LogP contribution is 2.36. The molecule has 0 aliphatic carbocycles. The van der Waals surface area contributed by atoms with E-state index in [0.717, 1.165) is 56.0 Å². The highest BCUT2D eigenvalue weighted by molar-refractivity contribution is 6.13. The van der Waals surface area contributed by atoms with E-state index >= 15 is 0 Å². The molecule has 1 aliphatic rings. The second-order valence-corrected chi connectivity index (χ2v) is 8.81.